The largest absolute Gasteiger partial charge is 0.391 e. The molecule has 0 spiro atoms. The van der Waals surface area contributed by atoms with E-state index in [-0.39, 0.29) is 31.4 Å². The molecular weight excluding hydrogens is 280 g/mol. The van der Waals surface area contributed by atoms with Gasteiger partial charge in [0.1, 0.15) is 0 Å². The summed E-state index contributed by atoms with van der Waals surface area (Å²) in [7, 11) is 1.61. The van der Waals surface area contributed by atoms with Crippen molar-refractivity contribution in [3.63, 3.8) is 0 Å². The van der Waals surface area contributed by atoms with Crippen LogP contribution in [-0.4, -0.2) is 50.5 Å². The van der Waals surface area contributed by atoms with Gasteiger partial charge in [0, 0.05) is 26.6 Å². The molecule has 5 nitrogen and oxygen atoms in total. The minimum atomic E-state index is -0.565. The zero-order chi connectivity index (χ0) is 13.9. The first-order valence-corrected chi connectivity index (χ1v) is 6.40. The van der Waals surface area contributed by atoms with Gasteiger partial charge in [-0.1, -0.05) is 30.3 Å². The lowest BCUT2D eigenvalue weighted by Gasteiger charge is -2.12. The van der Waals surface area contributed by atoms with Gasteiger partial charge in [-0.3, -0.25) is 4.79 Å². The minimum absolute atomic E-state index is 0. The van der Waals surface area contributed by atoms with Crippen molar-refractivity contribution >= 4 is 18.3 Å². The lowest BCUT2D eigenvalue weighted by Crippen LogP contribution is -2.39. The molecule has 0 saturated heterocycles. The van der Waals surface area contributed by atoms with Crippen LogP contribution in [0.4, 0.5) is 0 Å². The summed E-state index contributed by atoms with van der Waals surface area (Å²) in [5.41, 5.74) is 1.06. The summed E-state index contributed by atoms with van der Waals surface area (Å²) >= 11 is 0. The molecule has 1 amide bonds. The zero-order valence-corrected chi connectivity index (χ0v) is 12.5. The Morgan fingerprint density at radius 1 is 1.35 bits per heavy atom. The second-order valence-electron chi connectivity index (χ2n) is 4.32. The maximum absolute atomic E-state index is 11.4. The van der Waals surface area contributed by atoms with Crippen LogP contribution in [0.5, 0.6) is 0 Å². The number of halogens is 1. The van der Waals surface area contributed by atoms with Gasteiger partial charge < -0.3 is 20.5 Å². The van der Waals surface area contributed by atoms with E-state index in [1.54, 1.807) is 7.11 Å². The smallest absolute Gasteiger partial charge is 0.234 e. The molecule has 0 fully saturated rings. The van der Waals surface area contributed by atoms with Gasteiger partial charge in [-0.25, -0.2) is 0 Å². The fraction of sp³-hybridized carbons (Fsp3) is 0.500. The zero-order valence-electron chi connectivity index (χ0n) is 11.7. The third-order valence-electron chi connectivity index (χ3n) is 2.62. The number of carbonyl (C=O) groups excluding carboxylic acids is 1. The maximum Gasteiger partial charge on any atom is 0.234 e. The van der Waals surface area contributed by atoms with Gasteiger partial charge in [-0.15, -0.1) is 12.4 Å². The molecule has 1 unspecified atom stereocenters. The number of carbonyl (C=O) groups is 1. The Kier molecular flexibility index (Phi) is 11.0. The topological polar surface area (TPSA) is 70.6 Å². The molecule has 6 heteroatoms. The van der Waals surface area contributed by atoms with E-state index in [2.05, 4.69) is 10.6 Å². The number of aliphatic hydroxyl groups is 1. The summed E-state index contributed by atoms with van der Waals surface area (Å²) in [4.78, 5) is 11.4. The van der Waals surface area contributed by atoms with Gasteiger partial charge in [0.15, 0.2) is 0 Å². The summed E-state index contributed by atoms with van der Waals surface area (Å²) in [5.74, 6) is -0.122. The second-order valence-corrected chi connectivity index (χ2v) is 4.32. The van der Waals surface area contributed by atoms with Crippen molar-refractivity contribution in [2.45, 2.75) is 12.5 Å². The predicted octanol–water partition coefficient (Wildman–Crippen LogP) is 0.364. The van der Waals surface area contributed by atoms with Gasteiger partial charge in [0.05, 0.1) is 19.3 Å². The van der Waals surface area contributed by atoms with E-state index in [0.29, 0.717) is 19.6 Å². The van der Waals surface area contributed by atoms with Crippen molar-refractivity contribution in [2.75, 3.05) is 33.4 Å². The molecule has 0 heterocycles. The molecule has 0 aliphatic carbocycles. The van der Waals surface area contributed by atoms with Crippen molar-refractivity contribution < 1.29 is 14.6 Å². The van der Waals surface area contributed by atoms with E-state index in [1.165, 1.54) is 0 Å². The Morgan fingerprint density at radius 3 is 2.70 bits per heavy atom. The maximum atomic E-state index is 11.4. The molecule has 0 aromatic heterocycles. The van der Waals surface area contributed by atoms with Crippen LogP contribution in [0.1, 0.15) is 5.56 Å². The van der Waals surface area contributed by atoms with E-state index in [1.807, 2.05) is 30.3 Å². The Balaban J connectivity index is 0.00000361. The lowest BCUT2D eigenvalue weighted by atomic mass is 10.1. The van der Waals surface area contributed by atoms with Crippen molar-refractivity contribution in [1.82, 2.24) is 10.6 Å². The number of methoxy groups -OCH3 is 1. The van der Waals surface area contributed by atoms with Crippen molar-refractivity contribution in [2.24, 2.45) is 0 Å². The predicted molar refractivity (Wildman–Crippen MR) is 81.2 cm³/mol. The van der Waals surface area contributed by atoms with E-state index in [0.717, 1.165) is 5.56 Å². The average Bonchev–Trinajstić information content (AvgIpc) is 2.42. The highest BCUT2D eigenvalue weighted by molar-refractivity contribution is 5.85. The van der Waals surface area contributed by atoms with E-state index >= 15 is 0 Å². The molecule has 0 bridgehead atoms. The highest BCUT2D eigenvalue weighted by atomic mass is 35.5. The van der Waals surface area contributed by atoms with E-state index in [9.17, 15) is 9.90 Å². The van der Waals surface area contributed by atoms with Gasteiger partial charge in [-0.2, -0.15) is 0 Å². The molecule has 1 atom stereocenters. The molecule has 3 N–H and O–H groups in total. The number of hydrogen-bond acceptors (Lipinski definition) is 4. The molecule has 0 aliphatic heterocycles. The summed E-state index contributed by atoms with van der Waals surface area (Å²) in [6.45, 7) is 1.71. The van der Waals surface area contributed by atoms with Gasteiger partial charge in [-0.05, 0) is 5.56 Å². The Labute approximate surface area is 126 Å². The molecule has 0 aliphatic rings. The highest BCUT2D eigenvalue weighted by Gasteiger charge is 2.07. The molecule has 1 rings (SSSR count). The fourth-order valence-corrected chi connectivity index (χ4v) is 1.63. The number of amides is 1. The van der Waals surface area contributed by atoms with Crippen molar-refractivity contribution in [1.29, 1.82) is 0 Å². The number of hydrogen-bond donors (Lipinski definition) is 3. The molecule has 1 aromatic rings. The van der Waals surface area contributed by atoms with Crippen LogP contribution >= 0.6 is 12.4 Å². The number of benzene rings is 1. The third kappa shape index (κ3) is 8.87. The normalized spacial score (nSPS) is 11.5. The monoisotopic (exact) mass is 302 g/mol. The second kappa shape index (κ2) is 11.7. The summed E-state index contributed by atoms with van der Waals surface area (Å²) in [6.07, 6.45) is -0.0246. The van der Waals surface area contributed by atoms with Crippen LogP contribution in [0.15, 0.2) is 30.3 Å². The standard InChI is InChI=1S/C14H22N2O3.ClH/c1-19-8-7-15-11-14(18)16-10-13(17)9-12-5-3-2-4-6-12;/h2-6,13,15,17H,7-11H2,1H3,(H,16,18);1H. The highest BCUT2D eigenvalue weighted by Crippen LogP contribution is 2.02. The molecule has 20 heavy (non-hydrogen) atoms. The Hall–Kier alpha value is -1.14. The molecule has 0 saturated carbocycles. The number of rotatable bonds is 9. The summed E-state index contributed by atoms with van der Waals surface area (Å²) in [5, 5.41) is 15.4. The third-order valence-corrected chi connectivity index (χ3v) is 2.62. The first-order chi connectivity index (χ1) is 9.22. The summed E-state index contributed by atoms with van der Waals surface area (Å²) < 4.78 is 4.85. The van der Waals surface area contributed by atoms with Crippen LogP contribution in [0.25, 0.3) is 0 Å². The SMILES string of the molecule is COCCNCC(=O)NCC(O)Cc1ccccc1.Cl. The van der Waals surface area contributed by atoms with Crippen LogP contribution in [0, 0.1) is 0 Å². The first kappa shape index (κ1) is 18.9. The number of aliphatic hydroxyl groups excluding tert-OH is 1. The summed E-state index contributed by atoms with van der Waals surface area (Å²) in [6, 6.07) is 9.71. The van der Waals surface area contributed by atoms with Crippen LogP contribution < -0.4 is 10.6 Å². The van der Waals surface area contributed by atoms with Crippen molar-refractivity contribution in [3.05, 3.63) is 35.9 Å². The molecular formula is C14H23ClN2O3. The fourth-order valence-electron chi connectivity index (χ4n) is 1.63. The number of nitrogens with one attached hydrogen (secondary N) is 2. The van der Waals surface area contributed by atoms with Gasteiger partial charge in [0.25, 0.3) is 0 Å². The Morgan fingerprint density at radius 2 is 2.05 bits per heavy atom. The average molecular weight is 303 g/mol. The van der Waals surface area contributed by atoms with Gasteiger partial charge in [0.2, 0.25) is 5.91 Å². The van der Waals surface area contributed by atoms with Gasteiger partial charge >= 0.3 is 0 Å². The van der Waals surface area contributed by atoms with E-state index < -0.39 is 6.10 Å². The number of ether oxygens (including phenoxy) is 1. The minimum Gasteiger partial charge on any atom is -0.391 e. The Bertz CT molecular complexity index is 363. The van der Waals surface area contributed by atoms with Crippen LogP contribution in [0.2, 0.25) is 0 Å². The van der Waals surface area contributed by atoms with Crippen LogP contribution in [0.3, 0.4) is 0 Å². The molecule has 1 aromatic carbocycles. The van der Waals surface area contributed by atoms with Crippen LogP contribution in [-0.2, 0) is 16.0 Å². The van der Waals surface area contributed by atoms with Crippen molar-refractivity contribution in [3.8, 4) is 0 Å². The molecule has 114 valence electrons. The quantitative estimate of drug-likeness (QED) is 0.576. The molecule has 0 radical (unpaired) electrons. The lowest BCUT2D eigenvalue weighted by molar-refractivity contribution is -0.120. The first-order valence-electron chi connectivity index (χ1n) is 6.40. The van der Waals surface area contributed by atoms with E-state index in [4.69, 9.17) is 4.74 Å².